The molecule has 0 aliphatic heterocycles. The summed E-state index contributed by atoms with van der Waals surface area (Å²) in [5.41, 5.74) is 2.07. The van der Waals surface area contributed by atoms with E-state index in [2.05, 4.69) is 0 Å². The highest BCUT2D eigenvalue weighted by molar-refractivity contribution is 6.30. The van der Waals surface area contributed by atoms with Gasteiger partial charge in [0, 0.05) is 11.1 Å². The number of aliphatic hydroxyl groups excluding tert-OH is 1. The monoisotopic (exact) mass is 294 g/mol. The van der Waals surface area contributed by atoms with Crippen LogP contribution in [0.3, 0.4) is 0 Å². The van der Waals surface area contributed by atoms with Gasteiger partial charge in [-0.1, -0.05) is 35.9 Å². The lowest BCUT2D eigenvalue weighted by Crippen LogP contribution is -2.03. The van der Waals surface area contributed by atoms with Gasteiger partial charge in [0.2, 0.25) is 0 Å². The van der Waals surface area contributed by atoms with Crippen molar-refractivity contribution < 1.29 is 14.2 Å². The van der Waals surface area contributed by atoms with E-state index < -0.39 is 11.9 Å². The van der Waals surface area contributed by atoms with Gasteiger partial charge in [-0.25, -0.2) is 4.39 Å². The molecule has 0 aliphatic carbocycles. The van der Waals surface area contributed by atoms with Crippen LogP contribution in [0.2, 0.25) is 5.02 Å². The second kappa shape index (κ2) is 6.25. The van der Waals surface area contributed by atoms with E-state index in [-0.39, 0.29) is 11.6 Å². The van der Waals surface area contributed by atoms with E-state index in [1.807, 2.05) is 25.1 Å². The van der Waals surface area contributed by atoms with Crippen LogP contribution in [0.5, 0.6) is 5.75 Å². The summed E-state index contributed by atoms with van der Waals surface area (Å²) < 4.78 is 19.4. The van der Waals surface area contributed by atoms with E-state index in [9.17, 15) is 9.50 Å². The molecule has 0 spiro atoms. The largest absolute Gasteiger partial charge is 0.488 e. The van der Waals surface area contributed by atoms with Crippen LogP contribution in [-0.2, 0) is 6.61 Å². The Morgan fingerprint density at radius 3 is 2.75 bits per heavy atom. The molecule has 2 nitrogen and oxygen atoms in total. The summed E-state index contributed by atoms with van der Waals surface area (Å²) in [5, 5.41) is 9.79. The van der Waals surface area contributed by atoms with E-state index in [1.165, 1.54) is 6.07 Å². The number of ether oxygens (including phenoxy) is 1. The second-order valence-corrected chi connectivity index (χ2v) is 5.13. The van der Waals surface area contributed by atoms with Crippen molar-refractivity contribution in [2.45, 2.75) is 26.6 Å². The van der Waals surface area contributed by atoms with Crippen molar-refractivity contribution in [1.29, 1.82) is 0 Å². The average Bonchev–Trinajstić information content (AvgIpc) is 2.40. The number of hydrogen-bond acceptors (Lipinski definition) is 2. The zero-order valence-electron chi connectivity index (χ0n) is 11.4. The number of hydrogen-bond donors (Lipinski definition) is 1. The highest BCUT2D eigenvalue weighted by Crippen LogP contribution is 2.28. The van der Waals surface area contributed by atoms with Crippen molar-refractivity contribution in [2.75, 3.05) is 0 Å². The summed E-state index contributed by atoms with van der Waals surface area (Å²) in [6.07, 6.45) is -0.644. The smallest absolute Gasteiger partial charge is 0.148 e. The molecule has 1 atom stereocenters. The van der Waals surface area contributed by atoms with Gasteiger partial charge >= 0.3 is 0 Å². The van der Waals surface area contributed by atoms with Gasteiger partial charge in [-0.15, -0.1) is 0 Å². The fourth-order valence-electron chi connectivity index (χ4n) is 1.93. The Morgan fingerprint density at radius 2 is 2.05 bits per heavy atom. The minimum absolute atomic E-state index is 0.0650. The third-order valence-electron chi connectivity index (χ3n) is 3.03. The van der Waals surface area contributed by atoms with Crippen molar-refractivity contribution in [3.63, 3.8) is 0 Å². The molecule has 0 radical (unpaired) electrons. The van der Waals surface area contributed by atoms with E-state index in [4.69, 9.17) is 16.3 Å². The molecule has 106 valence electrons. The van der Waals surface area contributed by atoms with Gasteiger partial charge in [0.25, 0.3) is 0 Å². The van der Waals surface area contributed by atoms with E-state index >= 15 is 0 Å². The van der Waals surface area contributed by atoms with Crippen LogP contribution < -0.4 is 4.74 Å². The third kappa shape index (κ3) is 3.30. The van der Waals surface area contributed by atoms with E-state index in [1.54, 1.807) is 19.1 Å². The van der Waals surface area contributed by atoms with Crippen molar-refractivity contribution >= 4 is 11.6 Å². The summed E-state index contributed by atoms with van der Waals surface area (Å²) in [7, 11) is 0. The summed E-state index contributed by atoms with van der Waals surface area (Å²) in [5.74, 6) is 0.0831. The van der Waals surface area contributed by atoms with Crippen molar-refractivity contribution in [3.05, 3.63) is 63.9 Å². The molecule has 2 aromatic rings. The first-order valence-electron chi connectivity index (χ1n) is 6.33. The summed E-state index contributed by atoms with van der Waals surface area (Å²) in [6, 6.07) is 10.3. The predicted octanol–water partition coefficient (Wildman–Crippen LogP) is 4.42. The van der Waals surface area contributed by atoms with Gasteiger partial charge in [0.1, 0.15) is 18.2 Å². The lowest BCUT2D eigenvalue weighted by molar-refractivity contribution is 0.190. The second-order valence-electron chi connectivity index (χ2n) is 4.72. The van der Waals surface area contributed by atoms with Crippen LogP contribution in [0, 0.1) is 12.7 Å². The number of rotatable bonds is 4. The fourth-order valence-corrected chi connectivity index (χ4v) is 2.12. The van der Waals surface area contributed by atoms with Gasteiger partial charge in [0.05, 0.1) is 11.1 Å². The highest BCUT2D eigenvalue weighted by atomic mass is 35.5. The van der Waals surface area contributed by atoms with Crippen LogP contribution in [0.15, 0.2) is 36.4 Å². The molecule has 0 aromatic heterocycles. The van der Waals surface area contributed by atoms with E-state index in [0.29, 0.717) is 16.9 Å². The highest BCUT2D eigenvalue weighted by Gasteiger charge is 2.11. The zero-order valence-corrected chi connectivity index (χ0v) is 12.1. The lowest BCUT2D eigenvalue weighted by Gasteiger charge is -2.14. The molecule has 2 rings (SSSR count). The molecule has 0 unspecified atom stereocenters. The van der Waals surface area contributed by atoms with Gasteiger partial charge in [-0.05, 0) is 31.5 Å². The molecule has 0 amide bonds. The van der Waals surface area contributed by atoms with Gasteiger partial charge in [0.15, 0.2) is 0 Å². The summed E-state index contributed by atoms with van der Waals surface area (Å²) >= 11 is 5.73. The quantitative estimate of drug-likeness (QED) is 0.904. The molecule has 0 bridgehead atoms. The molecule has 2 aromatic carbocycles. The molecule has 4 heteroatoms. The van der Waals surface area contributed by atoms with Crippen LogP contribution in [0.4, 0.5) is 4.39 Å². The van der Waals surface area contributed by atoms with Gasteiger partial charge < -0.3 is 9.84 Å². The van der Waals surface area contributed by atoms with Gasteiger partial charge in [-0.2, -0.15) is 0 Å². The number of benzene rings is 2. The average molecular weight is 295 g/mol. The fraction of sp³-hybridized carbons (Fsp3) is 0.250. The molecular formula is C16H16ClFO2. The molecule has 20 heavy (non-hydrogen) atoms. The Balaban J connectivity index is 2.22. The maximum Gasteiger partial charge on any atom is 0.148 e. The van der Waals surface area contributed by atoms with E-state index in [0.717, 1.165) is 5.56 Å². The number of halogens is 2. The molecular weight excluding hydrogens is 279 g/mol. The van der Waals surface area contributed by atoms with Crippen LogP contribution >= 0.6 is 11.6 Å². The number of aryl methyl sites for hydroxylation is 1. The first kappa shape index (κ1) is 14.8. The SMILES string of the molecule is Cc1ccc([C@@H](C)O)c(OCc2cccc(Cl)c2F)c1. The standard InChI is InChI=1S/C16H16ClFO2/c1-10-6-7-13(11(2)19)15(8-10)20-9-12-4-3-5-14(17)16(12)18/h3-8,11,19H,9H2,1-2H3/t11-/m1/s1. The lowest BCUT2D eigenvalue weighted by atomic mass is 10.1. The number of aliphatic hydroxyl groups is 1. The maximum atomic E-state index is 13.8. The van der Waals surface area contributed by atoms with Crippen molar-refractivity contribution in [1.82, 2.24) is 0 Å². The topological polar surface area (TPSA) is 29.5 Å². The molecule has 0 heterocycles. The normalized spacial score (nSPS) is 12.2. The van der Waals surface area contributed by atoms with Crippen LogP contribution in [0.25, 0.3) is 0 Å². The molecule has 0 aliphatic rings. The summed E-state index contributed by atoms with van der Waals surface area (Å²) in [6.45, 7) is 3.66. The van der Waals surface area contributed by atoms with Crippen LogP contribution in [-0.4, -0.2) is 5.11 Å². The van der Waals surface area contributed by atoms with Gasteiger partial charge in [-0.3, -0.25) is 0 Å². The van der Waals surface area contributed by atoms with Crippen LogP contribution in [0.1, 0.15) is 29.7 Å². The molecule has 0 saturated heterocycles. The Bertz CT molecular complexity index is 611. The minimum Gasteiger partial charge on any atom is -0.488 e. The third-order valence-corrected chi connectivity index (χ3v) is 3.33. The van der Waals surface area contributed by atoms with Crippen molar-refractivity contribution in [2.24, 2.45) is 0 Å². The first-order valence-corrected chi connectivity index (χ1v) is 6.71. The Hall–Kier alpha value is -1.58. The Kier molecular flexibility index (Phi) is 4.63. The maximum absolute atomic E-state index is 13.8. The molecule has 1 N–H and O–H groups in total. The molecule has 0 saturated carbocycles. The molecule has 0 fully saturated rings. The zero-order chi connectivity index (χ0) is 14.7. The minimum atomic E-state index is -0.644. The Labute approximate surface area is 122 Å². The predicted molar refractivity (Wildman–Crippen MR) is 77.6 cm³/mol. The Morgan fingerprint density at radius 1 is 1.30 bits per heavy atom. The first-order chi connectivity index (χ1) is 9.49. The summed E-state index contributed by atoms with van der Waals surface area (Å²) in [4.78, 5) is 0. The van der Waals surface area contributed by atoms with Crippen molar-refractivity contribution in [3.8, 4) is 5.75 Å².